The average Bonchev–Trinajstić information content (AvgIpc) is 2.71. The van der Waals surface area contributed by atoms with E-state index in [9.17, 15) is 13.2 Å². The van der Waals surface area contributed by atoms with Crippen molar-refractivity contribution in [1.82, 2.24) is 5.32 Å². The van der Waals surface area contributed by atoms with Crippen LogP contribution in [0.2, 0.25) is 5.02 Å². The van der Waals surface area contributed by atoms with Crippen LogP contribution in [0.15, 0.2) is 24.3 Å². The first-order valence-electron chi connectivity index (χ1n) is 6.29. The van der Waals surface area contributed by atoms with E-state index in [2.05, 4.69) is 5.32 Å². The predicted octanol–water partition coefficient (Wildman–Crippen LogP) is 1.41. The largest absolute Gasteiger partial charge is 0.479 e. The number of sulfone groups is 1. The van der Waals surface area contributed by atoms with Gasteiger partial charge in [0.15, 0.2) is 15.9 Å². The maximum absolute atomic E-state index is 12.0. The fourth-order valence-electron chi connectivity index (χ4n) is 2.01. The van der Waals surface area contributed by atoms with Gasteiger partial charge in [-0.1, -0.05) is 23.7 Å². The Kier molecular flexibility index (Phi) is 4.55. The minimum absolute atomic E-state index is 0.00243. The molecule has 2 atom stereocenters. The molecule has 1 aromatic rings. The number of carbonyl (C=O) groups is 1. The van der Waals surface area contributed by atoms with E-state index in [1.54, 1.807) is 31.2 Å². The van der Waals surface area contributed by atoms with Crippen LogP contribution in [0.3, 0.4) is 0 Å². The summed E-state index contributed by atoms with van der Waals surface area (Å²) in [4.78, 5) is 12.0. The molecular formula is C13H16ClNO4S. The maximum Gasteiger partial charge on any atom is 0.261 e. The number of hydrogen-bond acceptors (Lipinski definition) is 4. The number of carbonyl (C=O) groups excluding carboxylic acids is 1. The number of para-hydroxylation sites is 1. The summed E-state index contributed by atoms with van der Waals surface area (Å²) >= 11 is 5.94. The topological polar surface area (TPSA) is 72.5 Å². The zero-order chi connectivity index (χ0) is 14.8. The summed E-state index contributed by atoms with van der Waals surface area (Å²) in [5.41, 5.74) is 0. The van der Waals surface area contributed by atoms with E-state index in [0.29, 0.717) is 17.2 Å². The molecule has 1 fully saturated rings. The van der Waals surface area contributed by atoms with Crippen molar-refractivity contribution in [3.8, 4) is 5.75 Å². The molecule has 2 rings (SSSR count). The molecule has 0 bridgehead atoms. The molecule has 1 aliphatic heterocycles. The summed E-state index contributed by atoms with van der Waals surface area (Å²) in [6, 6.07) is 6.54. The Morgan fingerprint density at radius 2 is 2.15 bits per heavy atom. The molecule has 1 heterocycles. The van der Waals surface area contributed by atoms with E-state index in [-0.39, 0.29) is 23.5 Å². The van der Waals surface area contributed by atoms with Crippen molar-refractivity contribution in [2.45, 2.75) is 25.5 Å². The van der Waals surface area contributed by atoms with E-state index < -0.39 is 15.9 Å². The number of hydrogen-bond donors (Lipinski definition) is 1. The molecule has 110 valence electrons. The zero-order valence-electron chi connectivity index (χ0n) is 11.0. The zero-order valence-corrected chi connectivity index (χ0v) is 12.6. The molecule has 1 saturated heterocycles. The van der Waals surface area contributed by atoms with Crippen LogP contribution in [-0.4, -0.2) is 38.0 Å². The molecule has 1 amide bonds. The smallest absolute Gasteiger partial charge is 0.261 e. The monoisotopic (exact) mass is 317 g/mol. The third-order valence-electron chi connectivity index (χ3n) is 3.09. The van der Waals surface area contributed by atoms with E-state index >= 15 is 0 Å². The van der Waals surface area contributed by atoms with Gasteiger partial charge in [-0.3, -0.25) is 4.79 Å². The van der Waals surface area contributed by atoms with Gasteiger partial charge in [-0.25, -0.2) is 8.42 Å². The Balaban J connectivity index is 1.91. The lowest BCUT2D eigenvalue weighted by Crippen LogP contribution is -2.43. The second-order valence-electron chi connectivity index (χ2n) is 4.80. The molecule has 20 heavy (non-hydrogen) atoms. The van der Waals surface area contributed by atoms with Crippen LogP contribution in [0.5, 0.6) is 5.75 Å². The van der Waals surface area contributed by atoms with Gasteiger partial charge in [0.25, 0.3) is 5.91 Å². The normalized spacial score (nSPS) is 22.2. The van der Waals surface area contributed by atoms with Gasteiger partial charge in [-0.05, 0) is 25.5 Å². The molecule has 1 aliphatic rings. The van der Waals surface area contributed by atoms with Gasteiger partial charge < -0.3 is 10.1 Å². The van der Waals surface area contributed by atoms with Crippen molar-refractivity contribution in [3.05, 3.63) is 29.3 Å². The standard InChI is InChI=1S/C13H16ClNO4S/c1-9(19-12-5-3-2-4-11(12)14)13(16)15-10-6-7-20(17,18)8-10/h2-5,9-10H,6-8H2,1H3,(H,15,16). The quantitative estimate of drug-likeness (QED) is 0.911. The minimum Gasteiger partial charge on any atom is -0.479 e. The van der Waals surface area contributed by atoms with E-state index in [1.807, 2.05) is 0 Å². The number of rotatable bonds is 4. The molecule has 0 spiro atoms. The van der Waals surface area contributed by atoms with Gasteiger partial charge in [-0.2, -0.15) is 0 Å². The van der Waals surface area contributed by atoms with Crippen molar-refractivity contribution >= 4 is 27.3 Å². The SMILES string of the molecule is CC(Oc1ccccc1Cl)C(=O)NC1CCS(=O)(=O)C1. The molecular weight excluding hydrogens is 302 g/mol. The van der Waals surface area contributed by atoms with Crippen molar-refractivity contribution in [2.75, 3.05) is 11.5 Å². The van der Waals surface area contributed by atoms with E-state index in [0.717, 1.165) is 0 Å². The summed E-state index contributed by atoms with van der Waals surface area (Å²) in [6.45, 7) is 1.60. The first-order valence-corrected chi connectivity index (χ1v) is 8.49. The van der Waals surface area contributed by atoms with E-state index in [4.69, 9.17) is 16.3 Å². The second-order valence-corrected chi connectivity index (χ2v) is 7.43. The minimum atomic E-state index is -3.01. The molecule has 2 unspecified atom stereocenters. The molecule has 5 nitrogen and oxygen atoms in total. The summed E-state index contributed by atoms with van der Waals surface area (Å²) in [5.74, 6) is 0.206. The van der Waals surface area contributed by atoms with Crippen LogP contribution in [-0.2, 0) is 14.6 Å². The maximum atomic E-state index is 12.0. The number of halogens is 1. The van der Waals surface area contributed by atoms with Crippen LogP contribution < -0.4 is 10.1 Å². The number of nitrogens with one attached hydrogen (secondary N) is 1. The van der Waals surface area contributed by atoms with Gasteiger partial charge in [0.1, 0.15) is 5.75 Å². The fraction of sp³-hybridized carbons (Fsp3) is 0.462. The lowest BCUT2D eigenvalue weighted by atomic mass is 10.2. The average molecular weight is 318 g/mol. The van der Waals surface area contributed by atoms with Crippen LogP contribution in [0, 0.1) is 0 Å². The van der Waals surface area contributed by atoms with Crippen LogP contribution in [0.25, 0.3) is 0 Å². The summed E-state index contributed by atoms with van der Waals surface area (Å²) in [6.07, 6.45) is -0.286. The molecule has 1 aromatic carbocycles. The summed E-state index contributed by atoms with van der Waals surface area (Å²) in [5, 5.41) is 3.11. The number of amides is 1. The van der Waals surface area contributed by atoms with Crippen LogP contribution in [0.1, 0.15) is 13.3 Å². The Bertz CT molecular complexity index is 602. The van der Waals surface area contributed by atoms with Crippen LogP contribution >= 0.6 is 11.6 Å². The molecule has 0 radical (unpaired) electrons. The lowest BCUT2D eigenvalue weighted by molar-refractivity contribution is -0.127. The predicted molar refractivity (Wildman–Crippen MR) is 76.7 cm³/mol. The fourth-order valence-corrected chi connectivity index (χ4v) is 3.87. The lowest BCUT2D eigenvalue weighted by Gasteiger charge is -2.18. The number of ether oxygens (including phenoxy) is 1. The van der Waals surface area contributed by atoms with Gasteiger partial charge in [-0.15, -0.1) is 0 Å². The Morgan fingerprint density at radius 1 is 1.45 bits per heavy atom. The van der Waals surface area contributed by atoms with Crippen molar-refractivity contribution in [1.29, 1.82) is 0 Å². The first kappa shape index (κ1) is 15.1. The highest BCUT2D eigenvalue weighted by molar-refractivity contribution is 7.91. The van der Waals surface area contributed by atoms with Crippen LogP contribution in [0.4, 0.5) is 0 Å². The highest BCUT2D eigenvalue weighted by atomic mass is 35.5. The molecule has 1 N–H and O–H groups in total. The van der Waals surface area contributed by atoms with Crippen molar-refractivity contribution in [2.24, 2.45) is 0 Å². The van der Waals surface area contributed by atoms with Gasteiger partial charge in [0.05, 0.1) is 16.5 Å². The third-order valence-corrected chi connectivity index (χ3v) is 5.17. The van der Waals surface area contributed by atoms with Gasteiger partial charge in [0.2, 0.25) is 0 Å². The van der Waals surface area contributed by atoms with Gasteiger partial charge >= 0.3 is 0 Å². The van der Waals surface area contributed by atoms with E-state index in [1.165, 1.54) is 0 Å². The second kappa shape index (κ2) is 6.01. The highest BCUT2D eigenvalue weighted by Crippen LogP contribution is 2.24. The Labute approximate surface area is 123 Å². The molecule has 0 aromatic heterocycles. The highest BCUT2D eigenvalue weighted by Gasteiger charge is 2.30. The number of benzene rings is 1. The van der Waals surface area contributed by atoms with Crippen molar-refractivity contribution < 1.29 is 17.9 Å². The Morgan fingerprint density at radius 3 is 2.75 bits per heavy atom. The van der Waals surface area contributed by atoms with Crippen molar-refractivity contribution in [3.63, 3.8) is 0 Å². The molecule has 7 heteroatoms. The Hall–Kier alpha value is -1.27. The third kappa shape index (κ3) is 3.86. The molecule has 0 aliphatic carbocycles. The first-order chi connectivity index (χ1) is 9.37. The summed E-state index contributed by atoms with van der Waals surface area (Å²) in [7, 11) is -3.01. The molecule has 0 saturated carbocycles. The van der Waals surface area contributed by atoms with Gasteiger partial charge in [0, 0.05) is 6.04 Å². The summed E-state index contributed by atoms with van der Waals surface area (Å²) < 4.78 is 28.1.